The molecule has 3 aromatic carbocycles. The Kier molecular flexibility index (Phi) is 13.7. The zero-order valence-electron chi connectivity index (χ0n) is 35.5. The summed E-state index contributed by atoms with van der Waals surface area (Å²) in [6.07, 6.45) is 4.94. The van der Waals surface area contributed by atoms with Crippen molar-refractivity contribution in [3.63, 3.8) is 0 Å². The van der Waals surface area contributed by atoms with Gasteiger partial charge in [-0.15, -0.1) is 68.0 Å². The van der Waals surface area contributed by atoms with Crippen molar-refractivity contribution >= 4 is 122 Å². The van der Waals surface area contributed by atoms with E-state index in [0.717, 1.165) is 82.5 Å². The third-order valence-corrected chi connectivity index (χ3v) is 17.6. The predicted octanol–water partition coefficient (Wildman–Crippen LogP) is 15.6. The highest BCUT2D eigenvalue weighted by atomic mass is 32.1. The Morgan fingerprint density at radius 2 is 0.681 bits per heavy atom. The summed E-state index contributed by atoms with van der Waals surface area (Å²) in [6, 6.07) is 54.6. The number of nitriles is 3. The van der Waals surface area contributed by atoms with Crippen LogP contribution in [0.15, 0.2) is 162 Å². The van der Waals surface area contributed by atoms with E-state index in [0.29, 0.717) is 16.0 Å². The lowest BCUT2D eigenvalue weighted by molar-refractivity contribution is -0.133. The van der Waals surface area contributed by atoms with Crippen molar-refractivity contribution in [2.45, 2.75) is 0 Å². The van der Waals surface area contributed by atoms with Crippen LogP contribution in [-0.2, 0) is 14.4 Å². The molecule has 6 aromatic heterocycles. The van der Waals surface area contributed by atoms with Gasteiger partial charge in [0.05, 0.1) is 5.57 Å². The lowest BCUT2D eigenvalue weighted by Gasteiger charge is -2.26. The van der Waals surface area contributed by atoms with Crippen LogP contribution < -0.4 is 4.90 Å². The van der Waals surface area contributed by atoms with Gasteiger partial charge in [-0.1, -0.05) is 36.4 Å². The molecule has 15 heteroatoms. The lowest BCUT2D eigenvalue weighted by atomic mass is 10.1. The molecule has 0 aliphatic carbocycles. The molecular formula is C54H30N4O5S6. The molecule has 332 valence electrons. The van der Waals surface area contributed by atoms with Crippen LogP contribution in [0.4, 0.5) is 17.1 Å². The molecule has 0 spiro atoms. The van der Waals surface area contributed by atoms with Gasteiger partial charge in [-0.05, 0) is 144 Å². The van der Waals surface area contributed by atoms with Crippen molar-refractivity contribution in [3.05, 3.63) is 177 Å². The van der Waals surface area contributed by atoms with Gasteiger partial charge in [-0.25, -0.2) is 9.59 Å². The third-order valence-electron chi connectivity index (χ3n) is 10.5. The van der Waals surface area contributed by atoms with Crippen LogP contribution in [-0.4, -0.2) is 28.4 Å². The minimum atomic E-state index is -1.25. The van der Waals surface area contributed by atoms with Gasteiger partial charge < -0.3 is 15.1 Å². The first-order valence-electron chi connectivity index (χ1n) is 20.6. The Morgan fingerprint density at radius 3 is 0.971 bits per heavy atom. The van der Waals surface area contributed by atoms with Gasteiger partial charge in [0.25, 0.3) is 0 Å². The summed E-state index contributed by atoms with van der Waals surface area (Å²) >= 11 is 9.34. The van der Waals surface area contributed by atoms with Gasteiger partial charge in [-0.2, -0.15) is 15.8 Å². The molecule has 0 saturated heterocycles. The summed E-state index contributed by atoms with van der Waals surface area (Å²) in [7, 11) is 0. The number of rotatable bonds is 15. The van der Waals surface area contributed by atoms with Crippen molar-refractivity contribution in [1.82, 2.24) is 0 Å². The Balaban J connectivity index is 0.996. The Morgan fingerprint density at radius 1 is 0.391 bits per heavy atom. The third kappa shape index (κ3) is 10.3. The summed E-state index contributed by atoms with van der Waals surface area (Å²) in [4.78, 5) is 47.8. The van der Waals surface area contributed by atoms with Crippen molar-refractivity contribution in [3.8, 4) is 78.8 Å². The fraction of sp³-hybridized carbons (Fsp3) is 0. The quantitative estimate of drug-likeness (QED) is 0.0577. The molecule has 0 aliphatic rings. The largest absolute Gasteiger partial charge is 0.477 e. The van der Waals surface area contributed by atoms with E-state index in [1.807, 2.05) is 42.5 Å². The Labute approximate surface area is 419 Å². The van der Waals surface area contributed by atoms with E-state index in [4.69, 9.17) is 0 Å². The molecule has 0 bridgehead atoms. The number of carboxylic acid groups (broad SMARTS) is 2. The van der Waals surface area contributed by atoms with E-state index >= 15 is 0 Å². The van der Waals surface area contributed by atoms with E-state index in [-0.39, 0.29) is 16.7 Å². The molecule has 69 heavy (non-hydrogen) atoms. The monoisotopic (exact) mass is 1010 g/mol. The number of benzene rings is 3. The highest BCUT2D eigenvalue weighted by Crippen LogP contribution is 2.44. The van der Waals surface area contributed by atoms with Crippen molar-refractivity contribution < 1.29 is 24.6 Å². The van der Waals surface area contributed by atoms with E-state index in [9.17, 15) is 40.4 Å². The fourth-order valence-corrected chi connectivity index (χ4v) is 13.3. The van der Waals surface area contributed by atoms with Crippen LogP contribution in [0.3, 0.4) is 0 Å². The summed E-state index contributed by atoms with van der Waals surface area (Å²) in [5, 5.41) is 46.2. The normalized spacial score (nSPS) is 11.7. The molecule has 0 aliphatic heterocycles. The number of hydrogen-bond acceptors (Lipinski definition) is 13. The Bertz CT molecular complexity index is 3470. The number of allylic oxidation sites excluding steroid dienone is 1. The summed E-state index contributed by atoms with van der Waals surface area (Å²) in [5.41, 5.74) is 5.48. The smallest absolute Gasteiger partial charge is 0.346 e. The average Bonchev–Trinajstić information content (AvgIpc) is 4.24. The topological polar surface area (TPSA) is 166 Å². The molecule has 0 fully saturated rings. The fourth-order valence-electron chi connectivity index (χ4n) is 7.15. The van der Waals surface area contributed by atoms with Crippen LogP contribution in [0.5, 0.6) is 0 Å². The summed E-state index contributed by atoms with van der Waals surface area (Å²) in [6.45, 7) is 0. The van der Waals surface area contributed by atoms with Crippen LogP contribution in [0, 0.1) is 34.0 Å². The molecule has 0 atom stereocenters. The highest BCUT2D eigenvalue weighted by molar-refractivity contribution is 7.25. The Hall–Kier alpha value is -8.04. The number of carbonyl (C=O) groups is 3. The van der Waals surface area contributed by atoms with Crippen molar-refractivity contribution in [2.75, 3.05) is 4.90 Å². The van der Waals surface area contributed by atoms with Gasteiger partial charge >= 0.3 is 11.9 Å². The zero-order valence-corrected chi connectivity index (χ0v) is 40.4. The number of thiophene rings is 6. The first-order chi connectivity index (χ1) is 33.6. The molecule has 6 heterocycles. The molecule has 0 unspecified atom stereocenters. The molecule has 9 nitrogen and oxygen atoms in total. The molecule has 0 amide bonds. The molecule has 2 N–H and O–H groups in total. The molecule has 9 rings (SSSR count). The standard InChI is InChI=1S/C54H30N4O5S6/c55-28-32(31-59)25-41-13-16-47(64-41)50-22-19-44(67-50)33-1-7-38(8-2-33)58(39-9-3-34(4-10-39)45-20-23-51(68-45)48-17-14-42(65-48)26-36(29-56)53(60)61)40-11-5-35(6-12-40)46-21-24-52(69-46)49-18-15-43(66-49)27-37(30-57)54(62)63/h1-27,31H,(H,60,61)(H,62,63)/b32-25+,36-26-,37-27+. The molecule has 0 saturated carbocycles. The van der Waals surface area contributed by atoms with Crippen molar-refractivity contribution in [2.24, 2.45) is 0 Å². The number of carboxylic acids is 2. The zero-order chi connectivity index (χ0) is 48.0. The number of carbonyl (C=O) groups excluding carboxylic acids is 1. The number of nitrogens with zero attached hydrogens (tertiary/aromatic N) is 4. The second-order valence-electron chi connectivity index (χ2n) is 14.9. The highest BCUT2D eigenvalue weighted by Gasteiger charge is 2.17. The van der Waals surface area contributed by atoms with Gasteiger partial charge in [-0.3, -0.25) is 4.79 Å². The molecular weight excluding hydrogens is 977 g/mol. The maximum Gasteiger partial charge on any atom is 0.346 e. The van der Waals surface area contributed by atoms with Crippen LogP contribution in [0.1, 0.15) is 14.6 Å². The first-order valence-corrected chi connectivity index (χ1v) is 25.5. The average molecular weight is 1010 g/mol. The number of aldehydes is 1. The molecule has 9 aromatic rings. The minimum Gasteiger partial charge on any atom is -0.477 e. The van der Waals surface area contributed by atoms with Crippen LogP contribution in [0.25, 0.3) is 78.8 Å². The minimum absolute atomic E-state index is 0.0825. The number of anilines is 3. The summed E-state index contributed by atoms with van der Waals surface area (Å²) in [5.74, 6) is -2.51. The lowest BCUT2D eigenvalue weighted by Crippen LogP contribution is -2.09. The maximum atomic E-state index is 11.4. The van der Waals surface area contributed by atoms with Gasteiger partial charge in [0.2, 0.25) is 0 Å². The summed E-state index contributed by atoms with van der Waals surface area (Å²) < 4.78 is 0. The van der Waals surface area contributed by atoms with Gasteiger partial charge in [0.1, 0.15) is 29.4 Å². The van der Waals surface area contributed by atoms with E-state index in [2.05, 4.69) is 114 Å². The number of aliphatic carboxylic acids is 2. The van der Waals surface area contributed by atoms with E-state index in [1.165, 1.54) is 46.2 Å². The number of hydrogen-bond donors (Lipinski definition) is 2. The van der Waals surface area contributed by atoms with Crippen LogP contribution >= 0.6 is 68.0 Å². The van der Waals surface area contributed by atoms with Gasteiger partial charge in [0, 0.05) is 75.6 Å². The second kappa shape index (κ2) is 20.4. The predicted molar refractivity (Wildman–Crippen MR) is 283 cm³/mol. The first kappa shape index (κ1) is 46.1. The SMILES string of the molecule is N#C/C(=C/c1ccc(-c2ccc(-c3ccc(N(c4ccc(-c5ccc(-c6ccc(/C=C(\C#N)C=O)s6)s5)cc4)c4ccc(-c5ccc(-c6ccc(/C=C(\C#N)C(=O)O)s6)s5)cc4)cc3)s2)s1)C(=O)O. The van der Waals surface area contributed by atoms with E-state index < -0.39 is 11.9 Å². The maximum absolute atomic E-state index is 11.4. The van der Waals surface area contributed by atoms with Gasteiger partial charge in [0.15, 0.2) is 6.29 Å². The second-order valence-corrected chi connectivity index (χ2v) is 21.5. The van der Waals surface area contributed by atoms with E-state index in [1.54, 1.807) is 52.2 Å². The van der Waals surface area contributed by atoms with Crippen LogP contribution in [0.2, 0.25) is 0 Å². The molecule has 0 radical (unpaired) electrons. The van der Waals surface area contributed by atoms with Crippen molar-refractivity contribution in [1.29, 1.82) is 15.8 Å².